The van der Waals surface area contributed by atoms with Gasteiger partial charge in [0, 0.05) is 10.8 Å². The maximum Gasteiger partial charge on any atom is 0.247 e. The summed E-state index contributed by atoms with van der Waals surface area (Å²) in [6, 6.07) is 14.9. The predicted molar refractivity (Wildman–Crippen MR) is 77.6 cm³/mol. The molecule has 0 spiro atoms. The van der Waals surface area contributed by atoms with Gasteiger partial charge in [-0.2, -0.15) is 0 Å². The van der Waals surface area contributed by atoms with Crippen LogP contribution in [0.15, 0.2) is 48.5 Å². The van der Waals surface area contributed by atoms with Crippen LogP contribution < -0.4 is 9.47 Å². The Morgan fingerprint density at radius 3 is 2.25 bits per heavy atom. The first kappa shape index (κ1) is 12.7. The van der Waals surface area contributed by atoms with Gasteiger partial charge in [-0.25, -0.2) is 0 Å². The Balaban J connectivity index is 2.09. The van der Waals surface area contributed by atoms with Crippen LogP contribution >= 0.6 is 11.6 Å². The summed E-state index contributed by atoms with van der Waals surface area (Å²) in [6.07, 6.45) is 0. The van der Waals surface area contributed by atoms with Crippen molar-refractivity contribution in [3.8, 4) is 17.4 Å². The highest BCUT2D eigenvalue weighted by molar-refractivity contribution is 6.34. The SMILES string of the molecule is COc1ccccc1Oc1nnc(Cl)c2ccccc12. The molecular formula is C15H11ClN2O2. The summed E-state index contributed by atoms with van der Waals surface area (Å²) in [4.78, 5) is 0. The van der Waals surface area contributed by atoms with E-state index in [1.807, 2.05) is 48.5 Å². The summed E-state index contributed by atoms with van der Waals surface area (Å²) in [6.45, 7) is 0. The van der Waals surface area contributed by atoms with E-state index < -0.39 is 0 Å². The molecule has 20 heavy (non-hydrogen) atoms. The summed E-state index contributed by atoms with van der Waals surface area (Å²) in [5.41, 5.74) is 0. The van der Waals surface area contributed by atoms with Crippen molar-refractivity contribution in [2.75, 3.05) is 7.11 Å². The van der Waals surface area contributed by atoms with E-state index in [0.29, 0.717) is 22.5 Å². The second-order valence-corrected chi connectivity index (χ2v) is 4.45. The zero-order valence-electron chi connectivity index (χ0n) is 10.7. The fourth-order valence-corrected chi connectivity index (χ4v) is 2.13. The van der Waals surface area contributed by atoms with Crippen LogP contribution in [0.1, 0.15) is 0 Å². The molecule has 5 heteroatoms. The van der Waals surface area contributed by atoms with Gasteiger partial charge in [0.05, 0.1) is 7.11 Å². The second kappa shape index (κ2) is 5.35. The number of ether oxygens (including phenoxy) is 2. The van der Waals surface area contributed by atoms with Gasteiger partial charge >= 0.3 is 0 Å². The van der Waals surface area contributed by atoms with Crippen LogP contribution in [0, 0.1) is 0 Å². The Hall–Kier alpha value is -2.33. The van der Waals surface area contributed by atoms with Crippen molar-refractivity contribution in [1.82, 2.24) is 10.2 Å². The smallest absolute Gasteiger partial charge is 0.247 e. The molecule has 0 aliphatic carbocycles. The van der Waals surface area contributed by atoms with E-state index in [9.17, 15) is 0 Å². The van der Waals surface area contributed by atoms with Gasteiger partial charge in [-0.1, -0.05) is 41.9 Å². The zero-order chi connectivity index (χ0) is 13.9. The van der Waals surface area contributed by atoms with E-state index in [1.165, 1.54) is 0 Å². The number of aromatic nitrogens is 2. The van der Waals surface area contributed by atoms with Gasteiger partial charge in [0.2, 0.25) is 5.88 Å². The van der Waals surface area contributed by atoms with E-state index in [2.05, 4.69) is 10.2 Å². The molecule has 1 heterocycles. The molecule has 0 aliphatic rings. The molecule has 0 fully saturated rings. The number of rotatable bonds is 3. The van der Waals surface area contributed by atoms with Crippen molar-refractivity contribution < 1.29 is 9.47 Å². The van der Waals surface area contributed by atoms with Crippen molar-refractivity contribution in [1.29, 1.82) is 0 Å². The largest absolute Gasteiger partial charge is 0.493 e. The third kappa shape index (κ3) is 2.26. The number of halogens is 1. The monoisotopic (exact) mass is 286 g/mol. The van der Waals surface area contributed by atoms with Gasteiger partial charge < -0.3 is 9.47 Å². The molecule has 0 saturated carbocycles. The normalized spacial score (nSPS) is 10.5. The van der Waals surface area contributed by atoms with Crippen LogP contribution in [0.25, 0.3) is 10.8 Å². The maximum absolute atomic E-state index is 6.04. The van der Waals surface area contributed by atoms with Crippen molar-refractivity contribution in [2.24, 2.45) is 0 Å². The van der Waals surface area contributed by atoms with Gasteiger partial charge in [-0.15, -0.1) is 10.2 Å². The Kier molecular flexibility index (Phi) is 3.39. The highest BCUT2D eigenvalue weighted by atomic mass is 35.5. The van der Waals surface area contributed by atoms with Gasteiger partial charge in [-0.05, 0) is 18.2 Å². The summed E-state index contributed by atoms with van der Waals surface area (Å²) in [5, 5.41) is 9.88. The summed E-state index contributed by atoms with van der Waals surface area (Å²) >= 11 is 6.04. The van der Waals surface area contributed by atoms with Crippen molar-refractivity contribution in [3.05, 3.63) is 53.7 Å². The van der Waals surface area contributed by atoms with E-state index in [0.717, 1.165) is 10.8 Å². The minimum absolute atomic E-state index is 0.355. The molecule has 0 amide bonds. The van der Waals surface area contributed by atoms with Crippen molar-refractivity contribution in [3.63, 3.8) is 0 Å². The molecule has 100 valence electrons. The molecular weight excluding hydrogens is 276 g/mol. The number of benzene rings is 2. The number of hydrogen-bond donors (Lipinski definition) is 0. The molecule has 0 unspecified atom stereocenters. The molecule has 3 aromatic rings. The van der Waals surface area contributed by atoms with E-state index in [-0.39, 0.29) is 0 Å². The van der Waals surface area contributed by atoms with Gasteiger partial charge in [-0.3, -0.25) is 0 Å². The van der Waals surface area contributed by atoms with E-state index >= 15 is 0 Å². The Morgan fingerprint density at radius 1 is 0.850 bits per heavy atom. The minimum atomic E-state index is 0.355. The van der Waals surface area contributed by atoms with Crippen LogP contribution in [0.3, 0.4) is 0 Å². The number of methoxy groups -OCH3 is 1. The lowest BCUT2D eigenvalue weighted by Crippen LogP contribution is -1.95. The fourth-order valence-electron chi connectivity index (χ4n) is 1.93. The van der Waals surface area contributed by atoms with Gasteiger partial charge in [0.1, 0.15) is 0 Å². The Labute approximate surface area is 120 Å². The first-order valence-corrected chi connectivity index (χ1v) is 6.39. The quantitative estimate of drug-likeness (QED) is 0.727. The highest BCUT2D eigenvalue weighted by Gasteiger charge is 2.11. The number of hydrogen-bond acceptors (Lipinski definition) is 4. The van der Waals surface area contributed by atoms with Crippen LogP contribution in [-0.2, 0) is 0 Å². The average molecular weight is 287 g/mol. The predicted octanol–water partition coefficient (Wildman–Crippen LogP) is 4.08. The summed E-state index contributed by atoms with van der Waals surface area (Å²) in [5.74, 6) is 1.61. The van der Waals surface area contributed by atoms with Crippen molar-refractivity contribution >= 4 is 22.4 Å². The van der Waals surface area contributed by atoms with E-state index in [1.54, 1.807) is 7.11 Å². The third-order valence-electron chi connectivity index (χ3n) is 2.88. The molecule has 1 aromatic heterocycles. The summed E-state index contributed by atoms with van der Waals surface area (Å²) in [7, 11) is 1.59. The molecule has 2 aromatic carbocycles. The molecule has 4 nitrogen and oxygen atoms in total. The summed E-state index contributed by atoms with van der Waals surface area (Å²) < 4.78 is 11.1. The first-order chi connectivity index (χ1) is 9.79. The fraction of sp³-hybridized carbons (Fsp3) is 0.0667. The van der Waals surface area contributed by atoms with Gasteiger partial charge in [0.25, 0.3) is 0 Å². The molecule has 0 radical (unpaired) electrons. The number of nitrogens with zero attached hydrogens (tertiary/aromatic N) is 2. The molecule has 0 aliphatic heterocycles. The molecule has 0 N–H and O–H groups in total. The zero-order valence-corrected chi connectivity index (χ0v) is 11.5. The first-order valence-electron chi connectivity index (χ1n) is 6.01. The number of para-hydroxylation sites is 2. The maximum atomic E-state index is 6.04. The van der Waals surface area contributed by atoms with Crippen LogP contribution in [0.5, 0.6) is 17.4 Å². The van der Waals surface area contributed by atoms with E-state index in [4.69, 9.17) is 21.1 Å². The average Bonchev–Trinajstić information content (AvgIpc) is 2.51. The minimum Gasteiger partial charge on any atom is -0.493 e. The van der Waals surface area contributed by atoms with Gasteiger partial charge in [0.15, 0.2) is 16.7 Å². The molecule has 0 bridgehead atoms. The third-order valence-corrected chi connectivity index (χ3v) is 3.16. The Morgan fingerprint density at radius 2 is 1.50 bits per heavy atom. The second-order valence-electron chi connectivity index (χ2n) is 4.09. The lowest BCUT2D eigenvalue weighted by Gasteiger charge is -2.10. The molecule has 0 saturated heterocycles. The lowest BCUT2D eigenvalue weighted by molar-refractivity contribution is 0.374. The highest BCUT2D eigenvalue weighted by Crippen LogP contribution is 2.34. The standard InChI is InChI=1S/C15H11ClN2O2/c1-19-12-8-4-5-9-13(12)20-15-11-7-3-2-6-10(11)14(16)17-18-15/h2-9H,1H3. The van der Waals surface area contributed by atoms with Crippen LogP contribution in [-0.4, -0.2) is 17.3 Å². The van der Waals surface area contributed by atoms with Crippen LogP contribution in [0.2, 0.25) is 5.15 Å². The Bertz CT molecular complexity index is 762. The number of fused-ring (bicyclic) bond motifs is 1. The molecule has 0 atom stereocenters. The molecule has 3 rings (SSSR count). The van der Waals surface area contributed by atoms with Crippen LogP contribution in [0.4, 0.5) is 0 Å². The van der Waals surface area contributed by atoms with Crippen molar-refractivity contribution in [2.45, 2.75) is 0 Å². The topological polar surface area (TPSA) is 44.2 Å². The lowest BCUT2D eigenvalue weighted by atomic mass is 10.2.